The van der Waals surface area contributed by atoms with Gasteiger partial charge in [0.05, 0.1) is 11.5 Å². The number of likely N-dealkylation sites (N-methyl/N-ethyl adjacent to an activating group) is 1. The number of aromatic nitrogens is 1. The summed E-state index contributed by atoms with van der Waals surface area (Å²) >= 11 is 6.35. The molecule has 140 valence electrons. The Bertz CT molecular complexity index is 900. The summed E-state index contributed by atoms with van der Waals surface area (Å²) in [7, 11) is 0. The number of pyridine rings is 1. The van der Waals surface area contributed by atoms with Crippen molar-refractivity contribution in [1.82, 2.24) is 15.2 Å². The Labute approximate surface area is 164 Å². The van der Waals surface area contributed by atoms with Gasteiger partial charge in [0, 0.05) is 47.5 Å². The van der Waals surface area contributed by atoms with E-state index in [-0.39, 0.29) is 17.9 Å². The largest absolute Gasteiger partial charge is 0.322 e. The summed E-state index contributed by atoms with van der Waals surface area (Å²) in [6, 6.07) is 4.35. The minimum Gasteiger partial charge on any atom is -0.320 e. The molecule has 3 atom stereocenters. The van der Waals surface area contributed by atoms with Crippen LogP contribution in [0.4, 0.5) is 4.79 Å². The predicted molar refractivity (Wildman–Crippen MR) is 104 cm³/mol. The van der Waals surface area contributed by atoms with Crippen molar-refractivity contribution in [2.45, 2.75) is 39.0 Å². The maximum absolute atomic E-state index is 12.2. The van der Waals surface area contributed by atoms with Crippen LogP contribution in [-0.2, 0) is 6.42 Å². The molecule has 27 heavy (non-hydrogen) atoms. The molecule has 2 heterocycles. The molecule has 0 radical (unpaired) electrons. The Balaban J connectivity index is 1.66. The van der Waals surface area contributed by atoms with Crippen LogP contribution in [0.25, 0.3) is 0 Å². The Kier molecular flexibility index (Phi) is 4.47. The molecule has 1 aliphatic heterocycles. The van der Waals surface area contributed by atoms with Crippen molar-refractivity contribution in [1.29, 1.82) is 5.26 Å². The molecule has 1 saturated heterocycles. The van der Waals surface area contributed by atoms with E-state index in [1.54, 1.807) is 11.1 Å². The van der Waals surface area contributed by atoms with Gasteiger partial charge in [0.25, 0.3) is 0 Å². The van der Waals surface area contributed by atoms with Crippen molar-refractivity contribution in [2.75, 3.05) is 13.1 Å². The molecule has 1 N–H and O–H groups in total. The Hall–Kier alpha value is -2.32. The average Bonchev–Trinajstić information content (AvgIpc) is 3.12. The van der Waals surface area contributed by atoms with Gasteiger partial charge in [-0.15, -0.1) is 0 Å². The van der Waals surface area contributed by atoms with E-state index < -0.39 is 5.41 Å². The molecular formula is C21H23ClN4O. The smallest absolute Gasteiger partial charge is 0.320 e. The number of urea groups is 1. The fourth-order valence-electron chi connectivity index (χ4n) is 4.63. The first kappa shape index (κ1) is 18.1. The Morgan fingerprint density at radius 3 is 3.07 bits per heavy atom. The number of fused-ring (bicyclic) bond motifs is 2. The lowest BCUT2D eigenvalue weighted by Crippen LogP contribution is -2.47. The van der Waals surface area contributed by atoms with Gasteiger partial charge in [-0.1, -0.05) is 23.8 Å². The average molecular weight is 383 g/mol. The van der Waals surface area contributed by atoms with Crippen LogP contribution in [-0.4, -0.2) is 29.0 Å². The number of halogens is 1. The summed E-state index contributed by atoms with van der Waals surface area (Å²) in [5.74, 6) is 0.0610. The van der Waals surface area contributed by atoms with Gasteiger partial charge in [-0.25, -0.2) is 4.79 Å². The monoisotopic (exact) mass is 382 g/mol. The summed E-state index contributed by atoms with van der Waals surface area (Å²) < 4.78 is 0. The number of carbonyl (C=O) groups is 1. The first-order valence-electron chi connectivity index (χ1n) is 9.49. The third-order valence-corrected chi connectivity index (χ3v) is 6.74. The molecule has 1 fully saturated rings. The minimum atomic E-state index is -0.607. The van der Waals surface area contributed by atoms with Crippen LogP contribution >= 0.6 is 11.6 Å². The van der Waals surface area contributed by atoms with Crippen LogP contribution in [0.15, 0.2) is 35.7 Å². The van der Waals surface area contributed by atoms with E-state index in [4.69, 9.17) is 11.6 Å². The molecule has 0 spiro atoms. The molecule has 2 amide bonds. The van der Waals surface area contributed by atoms with Gasteiger partial charge in [0.2, 0.25) is 0 Å². The van der Waals surface area contributed by atoms with Crippen LogP contribution in [0.1, 0.15) is 43.9 Å². The first-order chi connectivity index (χ1) is 13.0. The van der Waals surface area contributed by atoms with E-state index in [1.165, 1.54) is 0 Å². The van der Waals surface area contributed by atoms with E-state index in [0.717, 1.165) is 46.8 Å². The third-order valence-electron chi connectivity index (χ3n) is 6.38. The Morgan fingerprint density at radius 2 is 2.33 bits per heavy atom. The topological polar surface area (TPSA) is 69.0 Å². The number of nitrogens with one attached hydrogen (secondary N) is 1. The number of carbonyl (C=O) groups excluding carboxylic acids is 1. The lowest BCUT2D eigenvalue weighted by Gasteiger charge is -2.39. The molecule has 2 unspecified atom stereocenters. The van der Waals surface area contributed by atoms with Crippen molar-refractivity contribution in [2.24, 2.45) is 11.3 Å². The maximum atomic E-state index is 12.2. The van der Waals surface area contributed by atoms with E-state index >= 15 is 0 Å². The zero-order valence-corrected chi connectivity index (χ0v) is 16.4. The second kappa shape index (κ2) is 6.69. The molecule has 3 aliphatic rings. The second-order valence-corrected chi connectivity index (χ2v) is 8.15. The molecule has 4 rings (SSSR count). The lowest BCUT2D eigenvalue weighted by molar-refractivity contribution is 0.201. The predicted octanol–water partition coefficient (Wildman–Crippen LogP) is 4.17. The van der Waals surface area contributed by atoms with Gasteiger partial charge < -0.3 is 10.2 Å². The lowest BCUT2D eigenvalue weighted by atomic mass is 9.65. The van der Waals surface area contributed by atoms with Crippen LogP contribution < -0.4 is 5.32 Å². The summed E-state index contributed by atoms with van der Waals surface area (Å²) in [4.78, 5) is 18.6. The van der Waals surface area contributed by atoms with Crippen LogP contribution in [0.3, 0.4) is 0 Å². The highest BCUT2D eigenvalue weighted by atomic mass is 35.5. The molecule has 0 saturated carbocycles. The van der Waals surface area contributed by atoms with Crippen LogP contribution in [0, 0.1) is 22.7 Å². The summed E-state index contributed by atoms with van der Waals surface area (Å²) in [6.07, 6.45) is 8.53. The van der Waals surface area contributed by atoms with Crippen LogP contribution in [0.5, 0.6) is 0 Å². The van der Waals surface area contributed by atoms with Crippen molar-refractivity contribution in [3.63, 3.8) is 0 Å². The van der Waals surface area contributed by atoms with Crippen molar-refractivity contribution >= 4 is 17.6 Å². The van der Waals surface area contributed by atoms with Gasteiger partial charge in [0.15, 0.2) is 0 Å². The summed E-state index contributed by atoms with van der Waals surface area (Å²) in [6.45, 7) is 5.32. The number of rotatable bonds is 3. The normalized spacial score (nSPS) is 26.1. The molecule has 0 aromatic carbocycles. The van der Waals surface area contributed by atoms with E-state index in [1.807, 2.05) is 19.9 Å². The highest BCUT2D eigenvalue weighted by Crippen LogP contribution is 2.51. The zero-order valence-electron chi connectivity index (χ0n) is 15.6. The fraction of sp³-hybridized carbons (Fsp3) is 0.476. The molecule has 5 nitrogen and oxygen atoms in total. The standard InChI is InChI=1S/C21H23ClN4O/c1-3-26-11-13-4-5-14(10-18(13)25-20(26)27)21(2,12-23)16-7-6-15-17(22)8-9-24-19(15)16/h4,8-10,14,16H,3,5-7,11H2,1-2H3,(H,25,27)/t14?,16?,21-/m0/s1. The number of nitriles is 1. The molecule has 1 aromatic rings. The number of nitrogens with zero attached hydrogens (tertiary/aromatic N) is 3. The quantitative estimate of drug-likeness (QED) is 0.852. The van der Waals surface area contributed by atoms with E-state index in [9.17, 15) is 10.1 Å². The highest BCUT2D eigenvalue weighted by molar-refractivity contribution is 6.31. The number of amides is 2. The maximum Gasteiger partial charge on any atom is 0.322 e. The summed E-state index contributed by atoms with van der Waals surface area (Å²) in [5, 5.41) is 13.9. The number of hydrogen-bond acceptors (Lipinski definition) is 3. The van der Waals surface area contributed by atoms with Crippen LogP contribution in [0.2, 0.25) is 5.02 Å². The Morgan fingerprint density at radius 1 is 1.52 bits per heavy atom. The molecule has 1 aromatic heterocycles. The van der Waals surface area contributed by atoms with Gasteiger partial charge in [-0.3, -0.25) is 4.98 Å². The molecule has 2 aliphatic carbocycles. The van der Waals surface area contributed by atoms with Gasteiger partial charge in [-0.2, -0.15) is 5.26 Å². The molecule has 0 bridgehead atoms. The van der Waals surface area contributed by atoms with Gasteiger partial charge >= 0.3 is 6.03 Å². The van der Waals surface area contributed by atoms with E-state index in [0.29, 0.717) is 13.1 Å². The zero-order chi connectivity index (χ0) is 19.2. The highest BCUT2D eigenvalue weighted by Gasteiger charge is 2.46. The van der Waals surface area contributed by atoms with Crippen molar-refractivity contribution in [3.8, 4) is 6.07 Å². The number of hydrogen-bond donors (Lipinski definition) is 1. The summed E-state index contributed by atoms with van der Waals surface area (Å²) in [5.41, 5.74) is 3.44. The molecular weight excluding hydrogens is 360 g/mol. The van der Waals surface area contributed by atoms with Crippen molar-refractivity contribution < 1.29 is 4.79 Å². The SMILES string of the molecule is CCN1CC2=CCC([C@](C)(C#N)C3CCc4c(Cl)ccnc43)C=C2NC1=O. The third kappa shape index (κ3) is 2.83. The van der Waals surface area contributed by atoms with Gasteiger partial charge in [0.1, 0.15) is 0 Å². The first-order valence-corrected chi connectivity index (χ1v) is 9.87. The van der Waals surface area contributed by atoms with Crippen molar-refractivity contribution in [3.05, 3.63) is 52.0 Å². The second-order valence-electron chi connectivity index (χ2n) is 7.74. The fourth-order valence-corrected chi connectivity index (χ4v) is 4.88. The van der Waals surface area contributed by atoms with Gasteiger partial charge in [-0.05, 0) is 50.3 Å². The minimum absolute atomic E-state index is 0.0199. The van der Waals surface area contributed by atoms with E-state index in [2.05, 4.69) is 28.5 Å². The number of allylic oxidation sites excluding steroid dienone is 2. The molecule has 6 heteroatoms.